The third kappa shape index (κ3) is 24.5. The quantitative estimate of drug-likeness (QED) is 0.486. The Labute approximate surface area is 110 Å². The maximum atomic E-state index is 9.66. The van der Waals surface area contributed by atoms with E-state index in [2.05, 4.69) is 0 Å². The average Bonchev–Trinajstić information content (AvgIpc) is 1.21. The van der Waals surface area contributed by atoms with Crippen LogP contribution in [0, 0.1) is 0 Å². The van der Waals surface area contributed by atoms with E-state index in [0.29, 0.717) is 0 Å². The Morgan fingerprint density at radius 1 is 1.45 bits per heavy atom. The van der Waals surface area contributed by atoms with Gasteiger partial charge in [0.1, 0.15) is 0 Å². The molecule has 0 aromatic heterocycles. The maximum Gasteiger partial charge on any atom is 0 e. The van der Waals surface area contributed by atoms with Gasteiger partial charge in [-0.15, -0.1) is 0 Å². The predicted octanol–water partition coefficient (Wildman–Crippen LogP) is -5.13. The van der Waals surface area contributed by atoms with Crippen molar-refractivity contribution in [2.75, 3.05) is 0 Å². The van der Waals surface area contributed by atoms with E-state index in [4.69, 9.17) is 4.10 Å². The molecule has 0 aliphatic carbocycles. The first kappa shape index (κ1) is 23.0. The molecule has 0 spiro atoms. The average molecular weight is 246 g/mol. The molecule has 9 heteroatoms. The molecule has 1 atom stereocenters. The van der Waals surface area contributed by atoms with Crippen LogP contribution in [-0.2, 0) is 8.53 Å². The monoisotopic (exact) mass is 246 g/mol. The molecule has 0 bridgehead atoms. The first-order valence-electron chi connectivity index (χ1n) is 1.64. The summed E-state index contributed by atoms with van der Waals surface area (Å²) in [6, 6.07) is 0. The summed E-state index contributed by atoms with van der Waals surface area (Å²) in [6.45, 7) is 0. The number of rotatable bonds is 2. The molecule has 0 aliphatic rings. The normalized spacial score (nSPS) is 12.5. The molecule has 1 unspecified atom stereocenters. The molecule has 2 radical (unpaired) electrons. The molecule has 0 saturated heterocycles. The van der Waals surface area contributed by atoms with Gasteiger partial charge in [0.25, 0.3) is 0 Å². The van der Waals surface area contributed by atoms with Crippen molar-refractivity contribution in [1.82, 2.24) is 0 Å². The van der Waals surface area contributed by atoms with Gasteiger partial charge in [-0.2, -0.15) is 0 Å². The molecule has 0 amide bonds. The fraction of sp³-hybridized carbons (Fsp3) is 0.500. The minimum atomic E-state index is -5.18. The summed E-state index contributed by atoms with van der Waals surface area (Å²) >= 11 is -5.18. The molecule has 0 fully saturated rings. The van der Waals surface area contributed by atoms with Gasteiger partial charge in [0.05, 0.1) is 0 Å². The molecule has 0 aromatic rings. The van der Waals surface area contributed by atoms with Crippen molar-refractivity contribution < 1.29 is 27.3 Å². The summed E-state index contributed by atoms with van der Waals surface area (Å²) in [5.74, 6) is -1.77. The van der Waals surface area contributed by atoms with Crippen LogP contribution in [0.25, 0.3) is 0 Å². The van der Waals surface area contributed by atoms with E-state index in [0.717, 1.165) is 0 Å². The van der Waals surface area contributed by atoms with Crippen LogP contribution in [0.5, 0.6) is 0 Å². The van der Waals surface area contributed by atoms with Crippen LogP contribution in [0.4, 0.5) is 0 Å². The number of carboxylic acids is 1. The van der Waals surface area contributed by atoms with Gasteiger partial charge in [-0.25, -0.2) is 0 Å². The van der Waals surface area contributed by atoms with Crippen LogP contribution in [0.2, 0.25) is 5.21 Å². The summed E-state index contributed by atoms with van der Waals surface area (Å²) in [5, 5.41) is 8.14. The second-order valence-corrected chi connectivity index (χ2v) is 4.51. The molecule has 0 heterocycles. The van der Waals surface area contributed by atoms with Gasteiger partial charge in [0.2, 0.25) is 0 Å². The van der Waals surface area contributed by atoms with Gasteiger partial charge in [0, 0.05) is 59.1 Å². The van der Waals surface area contributed by atoms with Gasteiger partial charge in [0.15, 0.2) is 0 Å². The number of aliphatic carboxylic acids is 1. The molecule has 0 aliphatic heterocycles. The summed E-state index contributed by atoms with van der Waals surface area (Å²) in [4.78, 5) is 9.39. The largest absolute Gasteiger partial charge is 0 e. The molecular formula is C2H5AsNa2O6-2. The predicted molar refractivity (Wildman–Crippen MR) is 33.6 cm³/mol. The van der Waals surface area contributed by atoms with Crippen molar-refractivity contribution in [3.63, 3.8) is 0 Å². The summed E-state index contributed by atoms with van der Waals surface area (Å²) < 4.78 is 27.2. The zero-order valence-electron chi connectivity index (χ0n) is 6.23. The van der Waals surface area contributed by atoms with Gasteiger partial charge >= 0.3 is 47.2 Å². The van der Waals surface area contributed by atoms with Crippen LogP contribution >= 0.6 is 0 Å². The Hall–Kier alpha value is 1.71. The second kappa shape index (κ2) is 9.79. The van der Waals surface area contributed by atoms with Crippen LogP contribution in [0.3, 0.4) is 0 Å². The van der Waals surface area contributed by atoms with E-state index in [1.165, 1.54) is 0 Å². The van der Waals surface area contributed by atoms with Crippen LogP contribution in [0.1, 0.15) is 0 Å². The SMILES string of the molecule is O.O=C([O-])C[As](=O)([O-])O.[Na].[Na]. The van der Waals surface area contributed by atoms with Crippen molar-refractivity contribution in [2.45, 2.75) is 5.21 Å². The van der Waals surface area contributed by atoms with E-state index in [9.17, 15) is 17.7 Å². The Balaban J connectivity index is -0.0000000817. The van der Waals surface area contributed by atoms with E-state index in [1.54, 1.807) is 0 Å². The third-order valence-electron chi connectivity index (χ3n) is 0.329. The first-order chi connectivity index (χ1) is 3.42. The number of carbonyl (C=O) groups is 1. The summed E-state index contributed by atoms with van der Waals surface area (Å²) in [6.07, 6.45) is 0. The Morgan fingerprint density at radius 2 is 1.73 bits per heavy atom. The Kier molecular flexibility index (Phi) is 20.5. The van der Waals surface area contributed by atoms with Gasteiger partial charge in [-0.1, -0.05) is 0 Å². The molecule has 11 heavy (non-hydrogen) atoms. The molecule has 58 valence electrons. The Morgan fingerprint density at radius 3 is 1.73 bits per heavy atom. The topological polar surface area (TPSA) is 132 Å². The molecule has 0 rings (SSSR count). The van der Waals surface area contributed by atoms with E-state index in [-0.39, 0.29) is 64.6 Å². The summed E-state index contributed by atoms with van der Waals surface area (Å²) in [5.41, 5.74) is 0. The number of hydrogen-bond acceptors (Lipinski definition) is 4. The third-order valence-corrected chi connectivity index (χ3v) is 1.71. The fourth-order valence-electron chi connectivity index (χ4n) is 0.163. The van der Waals surface area contributed by atoms with Crippen LogP contribution in [0.15, 0.2) is 0 Å². The van der Waals surface area contributed by atoms with Crippen molar-refractivity contribution in [3.05, 3.63) is 0 Å². The number of carbonyl (C=O) groups excluding carboxylic acids is 1. The van der Waals surface area contributed by atoms with E-state index < -0.39 is 25.4 Å². The van der Waals surface area contributed by atoms with Gasteiger partial charge in [-0.3, -0.25) is 0 Å². The molecule has 3 N–H and O–H groups in total. The van der Waals surface area contributed by atoms with Crippen molar-refractivity contribution in [3.8, 4) is 0 Å². The number of carboxylic acid groups (broad SMARTS) is 1. The molecular weight excluding hydrogens is 241 g/mol. The van der Waals surface area contributed by atoms with Crippen molar-refractivity contribution >= 4 is 79.3 Å². The van der Waals surface area contributed by atoms with Crippen LogP contribution in [-0.4, -0.2) is 88.8 Å². The standard InChI is InChI=1S/C2H5AsO5.2Na.H2O/c4-2(5)1-3(6,7)8;;;/h1H2,(H,4,5)(H2,6,7,8);;;1H2/p-2. The maximum absolute atomic E-state index is 9.66. The first-order valence-corrected chi connectivity index (χ1v) is 5.34. The van der Waals surface area contributed by atoms with Crippen LogP contribution < -0.4 is 9.20 Å². The van der Waals surface area contributed by atoms with Gasteiger partial charge < -0.3 is 5.48 Å². The molecule has 6 nitrogen and oxygen atoms in total. The van der Waals surface area contributed by atoms with E-state index >= 15 is 0 Å². The molecule has 0 aromatic carbocycles. The Bertz CT molecular complexity index is 142. The molecule has 0 saturated carbocycles. The fourth-order valence-corrected chi connectivity index (χ4v) is 0.848. The minimum Gasteiger partial charge on any atom is 0 e. The summed E-state index contributed by atoms with van der Waals surface area (Å²) in [7, 11) is 0. The smallest absolute Gasteiger partial charge is 0 e. The minimum absolute atomic E-state index is 0. The second-order valence-electron chi connectivity index (χ2n) is 1.17. The van der Waals surface area contributed by atoms with E-state index in [1.807, 2.05) is 0 Å². The van der Waals surface area contributed by atoms with Gasteiger partial charge in [-0.05, 0) is 0 Å². The van der Waals surface area contributed by atoms with Crippen molar-refractivity contribution in [1.29, 1.82) is 0 Å². The zero-order valence-corrected chi connectivity index (χ0v) is 12.1. The zero-order chi connectivity index (χ0) is 6.78. The number of hydrogen-bond donors (Lipinski definition) is 1. The van der Waals surface area contributed by atoms with Crippen molar-refractivity contribution in [2.24, 2.45) is 0 Å².